The van der Waals surface area contributed by atoms with E-state index in [1.54, 1.807) is 11.3 Å². The van der Waals surface area contributed by atoms with E-state index < -0.39 is 31.3 Å². The van der Waals surface area contributed by atoms with Crippen LogP contribution in [-0.2, 0) is 16.0 Å². The number of benzene rings is 1. The molecule has 0 unspecified atom stereocenters. The van der Waals surface area contributed by atoms with Crippen LogP contribution in [0.15, 0.2) is 29.6 Å². The van der Waals surface area contributed by atoms with E-state index in [1.165, 1.54) is 0 Å². The van der Waals surface area contributed by atoms with E-state index in [1.807, 2.05) is 41.9 Å². The van der Waals surface area contributed by atoms with Crippen molar-refractivity contribution in [2.45, 2.75) is 19.5 Å². The van der Waals surface area contributed by atoms with Crippen molar-refractivity contribution in [2.75, 3.05) is 19.7 Å². The van der Waals surface area contributed by atoms with Crippen molar-refractivity contribution in [1.29, 1.82) is 0 Å². The largest absolute Gasteiger partial charge is 0.440 e. The van der Waals surface area contributed by atoms with Crippen LogP contribution in [0.4, 0.5) is 18.0 Å². The van der Waals surface area contributed by atoms with Crippen LogP contribution in [0.3, 0.4) is 0 Å². The molecule has 0 atom stereocenters. The molecule has 0 saturated heterocycles. The maximum Gasteiger partial charge on any atom is 0.422 e. The van der Waals surface area contributed by atoms with E-state index in [0.29, 0.717) is 13.0 Å². The van der Waals surface area contributed by atoms with Crippen molar-refractivity contribution < 1.29 is 27.5 Å². The summed E-state index contributed by atoms with van der Waals surface area (Å²) in [6.45, 7) is 0.110. The Morgan fingerprint density at radius 2 is 1.89 bits per heavy atom. The Balaban J connectivity index is 1.67. The lowest BCUT2D eigenvalue weighted by Crippen LogP contribution is -2.38. The van der Waals surface area contributed by atoms with E-state index in [2.05, 4.69) is 15.0 Å². The van der Waals surface area contributed by atoms with Gasteiger partial charge in [-0.25, -0.2) is 9.78 Å². The maximum absolute atomic E-state index is 11.9. The predicted molar refractivity (Wildman–Crippen MR) is 94.4 cm³/mol. The van der Waals surface area contributed by atoms with E-state index >= 15 is 0 Å². The zero-order valence-electron chi connectivity index (χ0n) is 14.4. The maximum atomic E-state index is 11.9. The number of amides is 2. The number of carbonyl (C=O) groups excluding carboxylic acids is 2. The fourth-order valence-electron chi connectivity index (χ4n) is 2.10. The molecule has 27 heavy (non-hydrogen) atoms. The van der Waals surface area contributed by atoms with Crippen LogP contribution in [0.5, 0.6) is 0 Å². The van der Waals surface area contributed by atoms with Gasteiger partial charge in [-0.3, -0.25) is 4.79 Å². The first-order chi connectivity index (χ1) is 12.7. The molecule has 1 aromatic carbocycles. The van der Waals surface area contributed by atoms with Gasteiger partial charge in [0.25, 0.3) is 0 Å². The number of ether oxygens (including phenoxy) is 1. The van der Waals surface area contributed by atoms with Gasteiger partial charge in [0.15, 0.2) is 6.61 Å². The van der Waals surface area contributed by atoms with Crippen molar-refractivity contribution in [1.82, 2.24) is 15.6 Å². The Morgan fingerprint density at radius 1 is 1.19 bits per heavy atom. The molecule has 0 bridgehead atoms. The molecule has 2 N–H and O–H groups in total. The van der Waals surface area contributed by atoms with Crippen LogP contribution < -0.4 is 10.6 Å². The zero-order valence-corrected chi connectivity index (χ0v) is 15.2. The normalized spacial score (nSPS) is 11.1. The minimum Gasteiger partial charge on any atom is -0.440 e. The summed E-state index contributed by atoms with van der Waals surface area (Å²) < 4.78 is 39.6. The number of aromatic nitrogens is 1. The molecule has 0 aliphatic carbocycles. The van der Waals surface area contributed by atoms with Crippen LogP contribution in [0.25, 0.3) is 11.3 Å². The third-order valence-corrected chi connectivity index (χ3v) is 4.14. The highest BCUT2D eigenvalue weighted by Crippen LogP contribution is 2.21. The first kappa shape index (κ1) is 20.7. The minimum absolute atomic E-state index is 0.327. The molecule has 0 aliphatic heterocycles. The van der Waals surface area contributed by atoms with Gasteiger partial charge in [0, 0.05) is 17.5 Å². The lowest BCUT2D eigenvalue weighted by atomic mass is 10.1. The molecule has 1 aromatic heterocycles. The van der Waals surface area contributed by atoms with Gasteiger partial charge in [-0.15, -0.1) is 11.3 Å². The highest BCUT2D eigenvalue weighted by molar-refractivity contribution is 7.09. The molecule has 1 heterocycles. The number of hydrogen-bond acceptors (Lipinski definition) is 5. The van der Waals surface area contributed by atoms with E-state index in [4.69, 9.17) is 0 Å². The van der Waals surface area contributed by atoms with Crippen molar-refractivity contribution >= 4 is 23.3 Å². The first-order valence-corrected chi connectivity index (χ1v) is 8.86. The third kappa shape index (κ3) is 7.65. The standard InChI is InChI=1S/C17H18F3N3O3S/c1-11-23-14(9-27-11)13-4-2-12(3-5-13)6-7-21-15(24)8-22-16(25)26-10-17(18,19)20/h2-5,9H,6-8,10H2,1H3,(H,21,24)(H,22,25). The lowest BCUT2D eigenvalue weighted by molar-refractivity contribution is -0.160. The Hall–Kier alpha value is -2.62. The zero-order chi connectivity index (χ0) is 19.9. The number of hydrogen-bond donors (Lipinski definition) is 2. The van der Waals surface area contributed by atoms with Gasteiger partial charge in [-0.1, -0.05) is 24.3 Å². The Labute approximate surface area is 157 Å². The molecule has 6 nitrogen and oxygen atoms in total. The Morgan fingerprint density at radius 3 is 2.48 bits per heavy atom. The fourth-order valence-corrected chi connectivity index (χ4v) is 2.72. The first-order valence-electron chi connectivity index (χ1n) is 7.98. The molecule has 0 spiro atoms. The molecule has 2 rings (SSSR count). The van der Waals surface area contributed by atoms with Crippen LogP contribution in [0, 0.1) is 6.92 Å². The van der Waals surface area contributed by atoms with Crippen molar-refractivity contribution in [3.63, 3.8) is 0 Å². The van der Waals surface area contributed by atoms with Gasteiger partial charge in [-0.05, 0) is 18.9 Å². The number of halogens is 3. The van der Waals surface area contributed by atoms with Gasteiger partial charge in [0.1, 0.15) is 0 Å². The highest BCUT2D eigenvalue weighted by atomic mass is 32.1. The Bertz CT molecular complexity index is 776. The average molecular weight is 401 g/mol. The monoisotopic (exact) mass is 401 g/mol. The highest BCUT2D eigenvalue weighted by Gasteiger charge is 2.29. The van der Waals surface area contributed by atoms with E-state index in [9.17, 15) is 22.8 Å². The quantitative estimate of drug-likeness (QED) is 0.747. The molecule has 2 aromatic rings. The molecule has 146 valence electrons. The summed E-state index contributed by atoms with van der Waals surface area (Å²) in [6.07, 6.45) is -5.33. The number of nitrogens with zero attached hydrogens (tertiary/aromatic N) is 1. The van der Waals surface area contributed by atoms with Crippen molar-refractivity contribution in [3.05, 3.63) is 40.2 Å². The third-order valence-electron chi connectivity index (χ3n) is 3.36. The van der Waals surface area contributed by atoms with E-state index in [-0.39, 0.29) is 0 Å². The van der Waals surface area contributed by atoms with Crippen LogP contribution >= 0.6 is 11.3 Å². The number of alkyl carbamates (subject to hydrolysis) is 1. The number of carbonyl (C=O) groups is 2. The molecule has 0 radical (unpaired) electrons. The number of nitrogens with one attached hydrogen (secondary N) is 2. The van der Waals surface area contributed by atoms with Gasteiger partial charge in [-0.2, -0.15) is 13.2 Å². The predicted octanol–water partition coefficient (Wildman–Crippen LogP) is 3.07. The van der Waals surface area contributed by atoms with Crippen LogP contribution in [0.2, 0.25) is 0 Å². The molecular formula is C17H18F3N3O3S. The van der Waals surface area contributed by atoms with Crippen molar-refractivity contribution in [3.8, 4) is 11.3 Å². The molecule has 10 heteroatoms. The number of aryl methyl sites for hydroxylation is 1. The summed E-state index contributed by atoms with van der Waals surface area (Å²) in [6, 6.07) is 7.76. The lowest BCUT2D eigenvalue weighted by Gasteiger charge is -2.09. The van der Waals surface area contributed by atoms with Gasteiger partial charge in [0.05, 0.1) is 17.2 Å². The average Bonchev–Trinajstić information content (AvgIpc) is 3.04. The van der Waals surface area contributed by atoms with E-state index in [0.717, 1.165) is 21.8 Å². The van der Waals surface area contributed by atoms with Gasteiger partial charge < -0.3 is 15.4 Å². The minimum atomic E-state index is -4.60. The van der Waals surface area contributed by atoms with Crippen LogP contribution in [0.1, 0.15) is 10.6 Å². The number of alkyl halides is 3. The molecule has 2 amide bonds. The second-order valence-corrected chi connectivity index (χ2v) is 6.66. The second kappa shape index (κ2) is 9.36. The second-order valence-electron chi connectivity index (χ2n) is 5.59. The van der Waals surface area contributed by atoms with Crippen molar-refractivity contribution in [2.24, 2.45) is 0 Å². The fraction of sp³-hybridized carbons (Fsp3) is 0.353. The molecular weight excluding hydrogens is 383 g/mol. The number of thiazole rings is 1. The summed E-state index contributed by atoms with van der Waals surface area (Å²) >= 11 is 1.58. The van der Waals surface area contributed by atoms with Crippen LogP contribution in [-0.4, -0.2) is 42.9 Å². The SMILES string of the molecule is Cc1nc(-c2ccc(CCNC(=O)CNC(=O)OCC(F)(F)F)cc2)cs1. The summed E-state index contributed by atoms with van der Waals surface area (Å²) in [5.41, 5.74) is 2.93. The van der Waals surface area contributed by atoms with Gasteiger partial charge >= 0.3 is 12.3 Å². The molecule has 0 aliphatic rings. The summed E-state index contributed by atoms with van der Waals surface area (Å²) in [5, 5.41) is 7.50. The smallest absolute Gasteiger partial charge is 0.422 e. The summed E-state index contributed by atoms with van der Waals surface area (Å²) in [5.74, 6) is -0.520. The summed E-state index contributed by atoms with van der Waals surface area (Å²) in [4.78, 5) is 27.0. The topological polar surface area (TPSA) is 80.3 Å². The summed E-state index contributed by atoms with van der Waals surface area (Å²) in [7, 11) is 0. The molecule has 0 fully saturated rings. The molecule has 0 saturated carbocycles. The van der Waals surface area contributed by atoms with Gasteiger partial charge in [0.2, 0.25) is 5.91 Å². The Kier molecular flexibility index (Phi) is 7.17. The number of rotatable bonds is 7.